The first-order valence-electron chi connectivity index (χ1n) is 9.16. The van der Waals surface area contributed by atoms with E-state index in [1.165, 1.54) is 5.57 Å². The first-order valence-corrected chi connectivity index (χ1v) is 9.16. The standard InChI is InChI=1S/C23H20O3/c24-23(16-8-10-19(11-9-16)25-13-20-14-26-20)22-18-7-6-17(12-18)21(22)15-4-2-1-3-5-15/h1-11,17-18,20H,12-14H2. The molecule has 1 aliphatic heterocycles. The van der Waals surface area contributed by atoms with E-state index in [9.17, 15) is 4.79 Å². The Bertz CT molecular complexity index is 889. The van der Waals surface area contributed by atoms with Crippen LogP contribution in [-0.4, -0.2) is 25.1 Å². The van der Waals surface area contributed by atoms with Crippen LogP contribution in [0.25, 0.3) is 5.57 Å². The van der Waals surface area contributed by atoms with Crippen molar-refractivity contribution < 1.29 is 14.3 Å². The molecule has 3 unspecified atom stereocenters. The van der Waals surface area contributed by atoms with Gasteiger partial charge in [0.05, 0.1) is 6.61 Å². The number of ether oxygens (including phenoxy) is 2. The largest absolute Gasteiger partial charge is 0.491 e. The molecule has 3 heteroatoms. The summed E-state index contributed by atoms with van der Waals surface area (Å²) < 4.78 is 10.8. The Balaban J connectivity index is 1.43. The number of carbonyl (C=O) groups excluding carboxylic acids is 1. The summed E-state index contributed by atoms with van der Waals surface area (Å²) in [5.41, 5.74) is 4.06. The van der Waals surface area contributed by atoms with Crippen LogP contribution in [0.5, 0.6) is 5.75 Å². The Morgan fingerprint density at radius 3 is 2.46 bits per heavy atom. The fourth-order valence-corrected chi connectivity index (χ4v) is 4.02. The van der Waals surface area contributed by atoms with E-state index in [0.29, 0.717) is 12.5 Å². The predicted molar refractivity (Wildman–Crippen MR) is 100 cm³/mol. The van der Waals surface area contributed by atoms with E-state index in [-0.39, 0.29) is 17.8 Å². The Labute approximate surface area is 152 Å². The first kappa shape index (κ1) is 15.6. The van der Waals surface area contributed by atoms with Crippen LogP contribution in [-0.2, 0) is 4.74 Å². The predicted octanol–water partition coefficient (Wildman–Crippen LogP) is 4.31. The van der Waals surface area contributed by atoms with Crippen molar-refractivity contribution in [2.24, 2.45) is 11.8 Å². The van der Waals surface area contributed by atoms with E-state index in [0.717, 1.165) is 35.5 Å². The van der Waals surface area contributed by atoms with Gasteiger partial charge in [-0.15, -0.1) is 0 Å². The highest BCUT2D eigenvalue weighted by Crippen LogP contribution is 2.49. The summed E-state index contributed by atoms with van der Waals surface area (Å²) in [6.45, 7) is 1.36. The van der Waals surface area contributed by atoms with Gasteiger partial charge >= 0.3 is 0 Å². The van der Waals surface area contributed by atoms with Crippen LogP contribution in [0.2, 0.25) is 0 Å². The van der Waals surface area contributed by atoms with Crippen molar-refractivity contribution >= 4 is 11.4 Å². The number of epoxide rings is 1. The molecule has 3 nitrogen and oxygen atoms in total. The van der Waals surface area contributed by atoms with E-state index in [2.05, 4.69) is 24.3 Å². The second kappa shape index (κ2) is 6.26. The highest BCUT2D eigenvalue weighted by molar-refractivity contribution is 6.15. The summed E-state index contributed by atoms with van der Waals surface area (Å²) in [7, 11) is 0. The van der Waals surface area contributed by atoms with Gasteiger partial charge in [-0.2, -0.15) is 0 Å². The molecule has 1 saturated heterocycles. The molecule has 130 valence electrons. The van der Waals surface area contributed by atoms with Gasteiger partial charge < -0.3 is 9.47 Å². The number of hydrogen-bond donors (Lipinski definition) is 0. The molecule has 0 radical (unpaired) electrons. The average molecular weight is 344 g/mol. The highest BCUT2D eigenvalue weighted by Gasteiger charge is 2.39. The number of fused-ring (bicyclic) bond motifs is 2. The Morgan fingerprint density at radius 2 is 1.73 bits per heavy atom. The fourth-order valence-electron chi connectivity index (χ4n) is 4.02. The third kappa shape index (κ3) is 2.78. The minimum atomic E-state index is 0.137. The Morgan fingerprint density at radius 1 is 1.00 bits per heavy atom. The number of rotatable bonds is 6. The SMILES string of the molecule is O=C(C1=C(c2ccccc2)C2C=CC1C2)c1ccc(OCC2CO2)cc1. The maximum atomic E-state index is 13.3. The minimum absolute atomic E-state index is 0.137. The van der Waals surface area contributed by atoms with E-state index < -0.39 is 0 Å². The maximum absolute atomic E-state index is 13.3. The summed E-state index contributed by atoms with van der Waals surface area (Å²) in [5.74, 6) is 1.52. The molecule has 2 aromatic carbocycles. The molecule has 0 N–H and O–H groups in total. The number of carbonyl (C=O) groups is 1. The zero-order chi connectivity index (χ0) is 17.5. The average Bonchev–Trinajstić information content (AvgIpc) is 3.30. The number of allylic oxidation sites excluding steroid dienone is 4. The van der Waals surface area contributed by atoms with Crippen molar-refractivity contribution in [2.45, 2.75) is 12.5 Å². The van der Waals surface area contributed by atoms with Crippen LogP contribution in [0.15, 0.2) is 72.3 Å². The van der Waals surface area contributed by atoms with Gasteiger partial charge in [-0.05, 0) is 41.8 Å². The number of benzene rings is 2. The van der Waals surface area contributed by atoms with E-state index in [1.54, 1.807) is 0 Å². The smallest absolute Gasteiger partial charge is 0.189 e. The van der Waals surface area contributed by atoms with E-state index in [4.69, 9.17) is 9.47 Å². The van der Waals surface area contributed by atoms with Crippen LogP contribution in [0.3, 0.4) is 0 Å². The molecule has 1 fully saturated rings. The zero-order valence-electron chi connectivity index (χ0n) is 14.4. The quantitative estimate of drug-likeness (QED) is 0.445. The van der Waals surface area contributed by atoms with Crippen LogP contribution >= 0.6 is 0 Å². The summed E-state index contributed by atoms with van der Waals surface area (Å²) >= 11 is 0. The Kier molecular flexibility index (Phi) is 3.75. The maximum Gasteiger partial charge on any atom is 0.189 e. The van der Waals surface area contributed by atoms with Gasteiger partial charge in [-0.1, -0.05) is 42.5 Å². The molecule has 5 rings (SSSR count). The lowest BCUT2D eigenvalue weighted by Gasteiger charge is -2.16. The molecular weight excluding hydrogens is 324 g/mol. The number of hydrogen-bond acceptors (Lipinski definition) is 3. The normalized spacial score (nSPS) is 25.6. The highest BCUT2D eigenvalue weighted by atomic mass is 16.6. The van der Waals surface area contributed by atoms with E-state index >= 15 is 0 Å². The van der Waals surface area contributed by atoms with Crippen LogP contribution in [0.1, 0.15) is 22.3 Å². The topological polar surface area (TPSA) is 38.8 Å². The summed E-state index contributed by atoms with van der Waals surface area (Å²) in [6, 6.07) is 17.8. The number of Topliss-reactive ketones (excluding diaryl/α,β-unsaturated/α-hetero) is 1. The molecule has 2 bridgehead atoms. The monoisotopic (exact) mass is 344 g/mol. The van der Waals surface area contributed by atoms with Gasteiger partial charge in [0, 0.05) is 23.0 Å². The van der Waals surface area contributed by atoms with Crippen molar-refractivity contribution in [1.29, 1.82) is 0 Å². The fraction of sp³-hybridized carbons (Fsp3) is 0.261. The van der Waals surface area contributed by atoms with Crippen molar-refractivity contribution in [1.82, 2.24) is 0 Å². The summed E-state index contributed by atoms with van der Waals surface area (Å²) in [6.07, 6.45) is 5.70. The third-order valence-electron chi connectivity index (χ3n) is 5.40. The van der Waals surface area contributed by atoms with Gasteiger partial charge in [-0.3, -0.25) is 4.79 Å². The van der Waals surface area contributed by atoms with E-state index in [1.807, 2.05) is 42.5 Å². The van der Waals surface area contributed by atoms with Crippen molar-refractivity contribution in [3.8, 4) is 5.75 Å². The minimum Gasteiger partial charge on any atom is -0.491 e. The molecule has 1 heterocycles. The Hall–Kier alpha value is -2.65. The van der Waals surface area contributed by atoms with Crippen molar-refractivity contribution in [3.63, 3.8) is 0 Å². The molecular formula is C23H20O3. The second-order valence-corrected chi connectivity index (χ2v) is 7.15. The zero-order valence-corrected chi connectivity index (χ0v) is 14.4. The molecule has 0 spiro atoms. The molecule has 2 aromatic rings. The van der Waals surface area contributed by atoms with Crippen molar-refractivity contribution in [3.05, 3.63) is 83.4 Å². The van der Waals surface area contributed by atoms with Gasteiger partial charge in [0.25, 0.3) is 0 Å². The molecule has 0 aromatic heterocycles. The summed E-state index contributed by atoms with van der Waals surface area (Å²) in [5, 5.41) is 0. The first-order chi connectivity index (χ1) is 12.8. The number of ketones is 1. The second-order valence-electron chi connectivity index (χ2n) is 7.15. The lowest BCUT2D eigenvalue weighted by atomic mass is 9.87. The van der Waals surface area contributed by atoms with Crippen LogP contribution < -0.4 is 4.74 Å². The van der Waals surface area contributed by atoms with Gasteiger partial charge in [-0.25, -0.2) is 0 Å². The lowest BCUT2D eigenvalue weighted by molar-refractivity contribution is 0.102. The molecule has 3 atom stereocenters. The molecule has 26 heavy (non-hydrogen) atoms. The lowest BCUT2D eigenvalue weighted by Crippen LogP contribution is -2.11. The third-order valence-corrected chi connectivity index (χ3v) is 5.40. The van der Waals surface area contributed by atoms with Gasteiger partial charge in [0.15, 0.2) is 5.78 Å². The molecule has 0 saturated carbocycles. The van der Waals surface area contributed by atoms with Crippen LogP contribution in [0.4, 0.5) is 0 Å². The molecule has 3 aliphatic rings. The summed E-state index contributed by atoms with van der Waals surface area (Å²) in [4.78, 5) is 13.3. The van der Waals surface area contributed by atoms with Gasteiger partial charge in [0.1, 0.15) is 18.5 Å². The van der Waals surface area contributed by atoms with Gasteiger partial charge in [0.2, 0.25) is 0 Å². The molecule has 0 amide bonds. The van der Waals surface area contributed by atoms with Crippen molar-refractivity contribution in [2.75, 3.05) is 13.2 Å². The van der Waals surface area contributed by atoms with Crippen LogP contribution in [0, 0.1) is 11.8 Å². The molecule has 2 aliphatic carbocycles.